The molecule has 0 saturated heterocycles. The molecule has 0 atom stereocenters. The minimum atomic E-state index is -3.78. The van der Waals surface area contributed by atoms with Gasteiger partial charge in [-0.25, -0.2) is 22.5 Å². The van der Waals surface area contributed by atoms with E-state index in [0.717, 1.165) is 22.1 Å². The largest absolute Gasteiger partial charge is 0.458 e. The van der Waals surface area contributed by atoms with Crippen LogP contribution in [0.3, 0.4) is 0 Å². The van der Waals surface area contributed by atoms with Crippen LogP contribution < -0.4 is 4.72 Å². The van der Waals surface area contributed by atoms with Gasteiger partial charge in [0.2, 0.25) is 10.0 Å². The number of nitrogens with one attached hydrogen (secondary N) is 1. The molecule has 3 aromatic rings. The molecule has 0 radical (unpaired) electrons. The van der Waals surface area contributed by atoms with Gasteiger partial charge in [-0.2, -0.15) is 0 Å². The Morgan fingerprint density at radius 1 is 1.17 bits per heavy atom. The average molecular weight is 447 g/mol. The number of nitrogens with zero attached hydrogens (tertiary/aromatic N) is 1. The molecule has 6 nitrogen and oxygen atoms in total. The van der Waals surface area contributed by atoms with Crippen molar-refractivity contribution in [2.75, 3.05) is 6.54 Å². The maximum Gasteiger partial charge on any atom is 0.321 e. The monoisotopic (exact) mass is 446 g/mol. The van der Waals surface area contributed by atoms with Gasteiger partial charge in [-0.3, -0.25) is 4.79 Å². The SMILES string of the molecule is Cc1ccc(/C=C/S(=O)(=O)NCC(=O)OCc2csc(-c3ccc(F)cc3)n2)cc1. The van der Waals surface area contributed by atoms with E-state index in [4.69, 9.17) is 4.74 Å². The topological polar surface area (TPSA) is 85.4 Å². The summed E-state index contributed by atoms with van der Waals surface area (Å²) in [4.78, 5) is 16.2. The molecule has 1 aromatic heterocycles. The van der Waals surface area contributed by atoms with Crippen molar-refractivity contribution in [3.05, 3.63) is 82.0 Å². The van der Waals surface area contributed by atoms with Crippen molar-refractivity contribution >= 4 is 33.4 Å². The standard InChI is InChI=1S/C21H19FN2O4S2/c1-15-2-4-16(5-3-15)10-11-30(26,27)23-12-20(25)28-13-19-14-29-21(24-19)17-6-8-18(22)9-7-17/h2-11,14,23H,12-13H2,1H3/b11-10+. The lowest BCUT2D eigenvalue weighted by molar-refractivity contribution is -0.143. The fourth-order valence-electron chi connectivity index (χ4n) is 2.36. The number of thiazole rings is 1. The Balaban J connectivity index is 1.47. The Morgan fingerprint density at radius 2 is 1.87 bits per heavy atom. The van der Waals surface area contributed by atoms with E-state index < -0.39 is 22.5 Å². The first-order valence-corrected chi connectivity index (χ1v) is 11.3. The number of aryl methyl sites for hydroxylation is 1. The van der Waals surface area contributed by atoms with E-state index >= 15 is 0 Å². The molecule has 1 N–H and O–H groups in total. The zero-order chi connectivity index (χ0) is 21.6. The molecule has 9 heteroatoms. The van der Waals surface area contributed by atoms with Gasteiger partial charge in [0.15, 0.2) is 0 Å². The fourth-order valence-corrected chi connectivity index (χ4v) is 3.92. The van der Waals surface area contributed by atoms with Gasteiger partial charge in [0, 0.05) is 16.4 Å². The summed E-state index contributed by atoms with van der Waals surface area (Å²) in [6.07, 6.45) is 1.44. The van der Waals surface area contributed by atoms with Crippen LogP contribution in [-0.2, 0) is 26.2 Å². The van der Waals surface area contributed by atoms with E-state index in [0.29, 0.717) is 10.7 Å². The zero-order valence-corrected chi connectivity index (χ0v) is 17.7. The number of carbonyl (C=O) groups is 1. The van der Waals surface area contributed by atoms with Crippen molar-refractivity contribution in [1.29, 1.82) is 0 Å². The van der Waals surface area contributed by atoms with Crippen LogP contribution >= 0.6 is 11.3 Å². The Hall–Kier alpha value is -2.88. The molecule has 0 unspecified atom stereocenters. The average Bonchev–Trinajstić information content (AvgIpc) is 3.20. The number of carbonyl (C=O) groups excluding carboxylic acids is 1. The van der Waals surface area contributed by atoms with E-state index in [1.165, 1.54) is 29.5 Å². The second kappa shape index (κ2) is 9.75. The molecule has 0 aliphatic rings. The molecule has 0 aliphatic heterocycles. The predicted octanol–water partition coefficient (Wildman–Crippen LogP) is 3.89. The molecular formula is C21H19FN2O4S2. The zero-order valence-electron chi connectivity index (χ0n) is 16.0. The maximum atomic E-state index is 13.0. The Labute approximate surface area is 178 Å². The second-order valence-corrected chi connectivity index (χ2v) is 8.90. The van der Waals surface area contributed by atoms with Gasteiger partial charge in [0.1, 0.15) is 24.0 Å². The van der Waals surface area contributed by atoms with Crippen molar-refractivity contribution in [2.24, 2.45) is 0 Å². The van der Waals surface area contributed by atoms with Crippen LogP contribution in [0.5, 0.6) is 0 Å². The third-order valence-electron chi connectivity index (χ3n) is 3.96. The van der Waals surface area contributed by atoms with Crippen LogP contribution in [0.2, 0.25) is 0 Å². The number of rotatable bonds is 8. The molecule has 0 aliphatic carbocycles. The first-order valence-electron chi connectivity index (χ1n) is 8.91. The summed E-state index contributed by atoms with van der Waals surface area (Å²) in [6, 6.07) is 13.2. The summed E-state index contributed by atoms with van der Waals surface area (Å²) in [5.41, 5.74) is 3.08. The minimum absolute atomic E-state index is 0.0859. The number of hydrogen-bond donors (Lipinski definition) is 1. The van der Waals surface area contributed by atoms with Crippen LogP contribution in [0.15, 0.2) is 59.3 Å². The first-order chi connectivity index (χ1) is 14.3. The number of hydrogen-bond acceptors (Lipinski definition) is 6. The number of ether oxygens (including phenoxy) is 1. The highest BCUT2D eigenvalue weighted by molar-refractivity contribution is 7.92. The summed E-state index contributed by atoms with van der Waals surface area (Å²) in [7, 11) is -3.78. The lowest BCUT2D eigenvalue weighted by atomic mass is 10.2. The molecule has 0 saturated carbocycles. The number of esters is 1. The molecule has 0 bridgehead atoms. The van der Waals surface area contributed by atoms with Gasteiger partial charge in [-0.05, 0) is 42.8 Å². The summed E-state index contributed by atoms with van der Waals surface area (Å²) < 4.78 is 44.2. The van der Waals surface area contributed by atoms with Crippen LogP contribution in [-0.4, -0.2) is 25.9 Å². The minimum Gasteiger partial charge on any atom is -0.458 e. The van der Waals surface area contributed by atoms with E-state index in [2.05, 4.69) is 9.71 Å². The van der Waals surface area contributed by atoms with Gasteiger partial charge in [-0.1, -0.05) is 29.8 Å². The molecule has 3 rings (SSSR count). The van der Waals surface area contributed by atoms with E-state index in [1.54, 1.807) is 29.6 Å². The van der Waals surface area contributed by atoms with Gasteiger partial charge >= 0.3 is 5.97 Å². The fraction of sp³-hybridized carbons (Fsp3) is 0.143. The number of halogens is 1. The predicted molar refractivity (Wildman–Crippen MR) is 114 cm³/mol. The number of aromatic nitrogens is 1. The highest BCUT2D eigenvalue weighted by Crippen LogP contribution is 2.24. The lowest BCUT2D eigenvalue weighted by Crippen LogP contribution is -2.29. The van der Waals surface area contributed by atoms with Gasteiger partial charge < -0.3 is 4.74 Å². The molecule has 0 amide bonds. The highest BCUT2D eigenvalue weighted by Gasteiger charge is 2.12. The van der Waals surface area contributed by atoms with Crippen LogP contribution in [0, 0.1) is 12.7 Å². The first kappa shape index (κ1) is 21.8. The Bertz CT molecular complexity index is 1140. The van der Waals surface area contributed by atoms with Gasteiger partial charge in [0.25, 0.3) is 0 Å². The molecule has 0 fully saturated rings. The third-order valence-corrected chi connectivity index (χ3v) is 5.94. The van der Waals surface area contributed by atoms with Gasteiger partial charge in [0.05, 0.1) is 5.69 Å². The normalized spacial score (nSPS) is 11.7. The lowest BCUT2D eigenvalue weighted by Gasteiger charge is -2.04. The molecule has 0 spiro atoms. The summed E-state index contributed by atoms with van der Waals surface area (Å²) in [5, 5.41) is 3.39. The van der Waals surface area contributed by atoms with Crippen molar-refractivity contribution in [2.45, 2.75) is 13.5 Å². The number of sulfonamides is 1. The third kappa shape index (κ3) is 6.58. The van der Waals surface area contributed by atoms with E-state index in [-0.39, 0.29) is 12.4 Å². The number of benzene rings is 2. The van der Waals surface area contributed by atoms with Crippen molar-refractivity contribution in [3.8, 4) is 10.6 Å². The molecule has 1 heterocycles. The Kier molecular flexibility index (Phi) is 7.09. The van der Waals surface area contributed by atoms with Gasteiger partial charge in [-0.15, -0.1) is 11.3 Å². The summed E-state index contributed by atoms with van der Waals surface area (Å²) >= 11 is 1.34. The van der Waals surface area contributed by atoms with Crippen molar-refractivity contribution in [1.82, 2.24) is 9.71 Å². The maximum absolute atomic E-state index is 13.0. The smallest absolute Gasteiger partial charge is 0.321 e. The van der Waals surface area contributed by atoms with Crippen LogP contribution in [0.4, 0.5) is 4.39 Å². The van der Waals surface area contributed by atoms with E-state index in [9.17, 15) is 17.6 Å². The molecular weight excluding hydrogens is 427 g/mol. The summed E-state index contributed by atoms with van der Waals surface area (Å²) in [5.74, 6) is -1.06. The Morgan fingerprint density at radius 3 is 2.57 bits per heavy atom. The second-order valence-electron chi connectivity index (χ2n) is 6.39. The van der Waals surface area contributed by atoms with Crippen LogP contribution in [0.1, 0.15) is 16.8 Å². The molecule has 2 aromatic carbocycles. The highest BCUT2D eigenvalue weighted by atomic mass is 32.2. The van der Waals surface area contributed by atoms with Crippen LogP contribution in [0.25, 0.3) is 16.6 Å². The van der Waals surface area contributed by atoms with Crippen molar-refractivity contribution in [3.63, 3.8) is 0 Å². The quantitative estimate of drug-likeness (QED) is 0.531. The molecule has 156 valence electrons. The summed E-state index contributed by atoms with van der Waals surface area (Å²) in [6.45, 7) is 1.36. The van der Waals surface area contributed by atoms with E-state index in [1.807, 2.05) is 19.1 Å². The van der Waals surface area contributed by atoms with Crippen molar-refractivity contribution < 1.29 is 22.3 Å². The molecule has 30 heavy (non-hydrogen) atoms.